The quantitative estimate of drug-likeness (QED) is 0.456. The molecule has 0 spiro atoms. The third-order valence-electron chi connectivity index (χ3n) is 0.192. The van der Waals surface area contributed by atoms with Crippen LogP contribution in [0.5, 0.6) is 0 Å². The summed E-state index contributed by atoms with van der Waals surface area (Å²) < 4.78 is 4.53. The molecule has 0 rings (SSSR count). The number of hydrogen-bond acceptors (Lipinski definition) is 2. The van der Waals surface area contributed by atoms with Crippen LogP contribution in [0.15, 0.2) is 0 Å². The van der Waals surface area contributed by atoms with Gasteiger partial charge in [-0.3, -0.25) is 0 Å². The molecule has 0 amide bonds. The maximum absolute atomic E-state index is 4.53. The smallest absolute Gasteiger partial charge is 0.371 e. The summed E-state index contributed by atoms with van der Waals surface area (Å²) in [6.07, 6.45) is 1.95. The molecule has 29 valence electrons. The number of rotatable bonds is 2. The third-order valence-corrected chi connectivity index (χ3v) is 0.577. The lowest BCUT2D eigenvalue weighted by Crippen LogP contribution is -1.81. The first-order chi connectivity index (χ1) is 2.41. The van der Waals surface area contributed by atoms with Crippen LogP contribution in [0, 0.1) is 0 Å². The molecule has 5 heavy (non-hydrogen) atoms. The standard InChI is InChI=1S/C2H6BOS/c1-4-3-5-2/h1-2H3. The molecule has 0 bridgehead atoms. The molecular weight excluding hydrogens is 82.9 g/mol. The van der Waals surface area contributed by atoms with Gasteiger partial charge in [-0.1, -0.05) is 0 Å². The summed E-state index contributed by atoms with van der Waals surface area (Å²) in [6, 6.07) is 0. The molecule has 0 N–H and O–H groups in total. The van der Waals surface area contributed by atoms with Crippen molar-refractivity contribution < 1.29 is 4.65 Å². The fraction of sp³-hybridized carbons (Fsp3) is 1.00. The van der Waals surface area contributed by atoms with Gasteiger partial charge in [0.25, 0.3) is 0 Å². The Morgan fingerprint density at radius 3 is 2.40 bits per heavy atom. The summed E-state index contributed by atoms with van der Waals surface area (Å²) >= 11 is 1.55. The van der Waals surface area contributed by atoms with Gasteiger partial charge in [0.2, 0.25) is 0 Å². The van der Waals surface area contributed by atoms with E-state index in [2.05, 4.69) is 4.65 Å². The van der Waals surface area contributed by atoms with Gasteiger partial charge in [-0.05, 0) is 6.26 Å². The molecular formula is C2H6BOS. The maximum atomic E-state index is 4.53. The van der Waals surface area contributed by atoms with Crippen molar-refractivity contribution in [2.24, 2.45) is 0 Å². The summed E-state index contributed by atoms with van der Waals surface area (Å²) in [6.45, 7) is 1.67. The zero-order chi connectivity index (χ0) is 4.12. The van der Waals surface area contributed by atoms with Crippen LogP contribution in [0.4, 0.5) is 0 Å². The second kappa shape index (κ2) is 4.37. The van der Waals surface area contributed by atoms with Crippen molar-refractivity contribution in [1.82, 2.24) is 0 Å². The average molecular weight is 88.9 g/mol. The minimum absolute atomic E-state index is 1.55. The van der Waals surface area contributed by atoms with Crippen molar-refractivity contribution in [3.8, 4) is 0 Å². The second-order valence-corrected chi connectivity index (χ2v) is 1.23. The van der Waals surface area contributed by atoms with Crippen LogP contribution >= 0.6 is 11.6 Å². The maximum Gasteiger partial charge on any atom is 0.371 e. The fourth-order valence-electron chi connectivity index (χ4n) is 0.0962. The molecule has 0 saturated heterocycles. The molecule has 0 aromatic rings. The van der Waals surface area contributed by atoms with E-state index in [4.69, 9.17) is 0 Å². The largest absolute Gasteiger partial charge is 0.431 e. The van der Waals surface area contributed by atoms with Crippen LogP contribution in [0.25, 0.3) is 0 Å². The molecule has 0 aliphatic carbocycles. The normalized spacial score (nSPS) is 7.60. The molecule has 0 aliphatic rings. The highest BCUT2D eigenvalue weighted by Crippen LogP contribution is 1.82. The van der Waals surface area contributed by atoms with E-state index in [1.807, 2.05) is 6.26 Å². The SMILES string of the molecule is CO[B]SC. The van der Waals surface area contributed by atoms with Crippen LogP contribution in [0.1, 0.15) is 0 Å². The molecule has 3 heteroatoms. The lowest BCUT2D eigenvalue weighted by molar-refractivity contribution is 0.456. The minimum Gasteiger partial charge on any atom is -0.431 e. The molecule has 0 atom stereocenters. The molecule has 0 saturated carbocycles. The molecule has 0 fully saturated rings. The predicted molar refractivity (Wildman–Crippen MR) is 26.3 cm³/mol. The Morgan fingerprint density at radius 1 is 1.80 bits per heavy atom. The summed E-state index contributed by atoms with van der Waals surface area (Å²) in [4.78, 5) is 0. The van der Waals surface area contributed by atoms with E-state index < -0.39 is 0 Å². The van der Waals surface area contributed by atoms with Gasteiger partial charge < -0.3 is 4.65 Å². The van der Waals surface area contributed by atoms with Crippen LogP contribution in [0.3, 0.4) is 0 Å². The molecule has 0 aromatic carbocycles. The molecule has 1 nitrogen and oxygen atoms in total. The van der Waals surface area contributed by atoms with Gasteiger partial charge in [-0.15, -0.1) is 0 Å². The summed E-state index contributed by atoms with van der Waals surface area (Å²) in [5, 5.41) is 0. The van der Waals surface area contributed by atoms with Crippen LogP contribution in [-0.2, 0) is 4.65 Å². The highest BCUT2D eigenvalue weighted by atomic mass is 32.2. The Balaban J connectivity index is 2.19. The van der Waals surface area contributed by atoms with Crippen LogP contribution < -0.4 is 0 Å². The monoisotopic (exact) mass is 89.0 g/mol. The first kappa shape index (κ1) is 5.37. The van der Waals surface area contributed by atoms with Crippen LogP contribution in [0.2, 0.25) is 0 Å². The Labute approximate surface area is 37.3 Å². The molecule has 0 aromatic heterocycles. The first-order valence-corrected chi connectivity index (χ1v) is 2.58. The Kier molecular flexibility index (Phi) is 4.70. The predicted octanol–water partition coefficient (Wildman–Crippen LogP) is 0.530. The summed E-state index contributed by atoms with van der Waals surface area (Å²) in [5.41, 5.74) is 0. The Morgan fingerprint density at radius 2 is 2.40 bits per heavy atom. The summed E-state index contributed by atoms with van der Waals surface area (Å²) in [7, 11) is 1.64. The second-order valence-electron chi connectivity index (χ2n) is 0.568. The average Bonchev–Trinajstić information content (AvgIpc) is 1.41. The van der Waals surface area contributed by atoms with Gasteiger partial charge in [0.1, 0.15) is 0 Å². The molecule has 0 heterocycles. The lowest BCUT2D eigenvalue weighted by atomic mass is 10.6. The van der Waals surface area contributed by atoms with Gasteiger partial charge in [-0.2, -0.15) is 11.6 Å². The Hall–Kier alpha value is 0.375. The third kappa shape index (κ3) is 4.37. The topological polar surface area (TPSA) is 9.23 Å². The van der Waals surface area contributed by atoms with E-state index in [1.165, 1.54) is 0 Å². The van der Waals surface area contributed by atoms with E-state index in [-0.39, 0.29) is 0 Å². The highest BCUT2D eigenvalue weighted by Gasteiger charge is 1.74. The molecule has 1 radical (unpaired) electrons. The van der Waals surface area contributed by atoms with Gasteiger partial charge >= 0.3 is 6.76 Å². The zero-order valence-corrected chi connectivity index (χ0v) is 4.21. The van der Waals surface area contributed by atoms with E-state index in [9.17, 15) is 0 Å². The van der Waals surface area contributed by atoms with Crippen molar-refractivity contribution in [2.75, 3.05) is 13.4 Å². The highest BCUT2D eigenvalue weighted by molar-refractivity contribution is 8.21. The molecule has 0 aliphatic heterocycles. The fourth-order valence-corrected chi connectivity index (χ4v) is 0.289. The minimum atomic E-state index is 1.55. The summed E-state index contributed by atoms with van der Waals surface area (Å²) in [5.74, 6) is 0. The number of hydrogen-bond donors (Lipinski definition) is 0. The lowest BCUT2D eigenvalue weighted by Gasteiger charge is -1.80. The van der Waals surface area contributed by atoms with Gasteiger partial charge in [0.15, 0.2) is 0 Å². The van der Waals surface area contributed by atoms with Gasteiger partial charge in [-0.25, -0.2) is 0 Å². The van der Waals surface area contributed by atoms with Gasteiger partial charge in [0.05, 0.1) is 0 Å². The van der Waals surface area contributed by atoms with E-state index in [0.717, 1.165) is 0 Å². The van der Waals surface area contributed by atoms with Crippen molar-refractivity contribution in [1.29, 1.82) is 0 Å². The van der Waals surface area contributed by atoms with Crippen LogP contribution in [-0.4, -0.2) is 20.1 Å². The van der Waals surface area contributed by atoms with E-state index >= 15 is 0 Å². The Bertz CT molecular complexity index is 17.1. The van der Waals surface area contributed by atoms with Crippen molar-refractivity contribution in [3.05, 3.63) is 0 Å². The van der Waals surface area contributed by atoms with Crippen molar-refractivity contribution in [3.63, 3.8) is 0 Å². The van der Waals surface area contributed by atoms with Gasteiger partial charge in [0, 0.05) is 7.11 Å². The molecule has 0 unspecified atom stereocenters. The van der Waals surface area contributed by atoms with E-state index in [1.54, 1.807) is 25.5 Å². The van der Waals surface area contributed by atoms with E-state index in [0.29, 0.717) is 0 Å². The van der Waals surface area contributed by atoms with Crippen molar-refractivity contribution in [2.45, 2.75) is 0 Å². The first-order valence-electron chi connectivity index (χ1n) is 1.29. The zero-order valence-electron chi connectivity index (χ0n) is 3.39. The van der Waals surface area contributed by atoms with Crippen molar-refractivity contribution >= 4 is 18.4 Å².